The molecular formula is C19H18N2O4. The third kappa shape index (κ3) is 3.38. The van der Waals surface area contributed by atoms with Gasteiger partial charge in [-0.05, 0) is 57.2 Å². The molecule has 6 nitrogen and oxygen atoms in total. The SMILES string of the molecule is CC(C)(C)Oc1ccc(-n2c(=O)c(C(=O)O)nc3ccccc32)cc1. The van der Waals surface area contributed by atoms with E-state index in [1.165, 1.54) is 4.57 Å². The van der Waals surface area contributed by atoms with Gasteiger partial charge in [-0.3, -0.25) is 9.36 Å². The van der Waals surface area contributed by atoms with Crippen LogP contribution in [0.3, 0.4) is 0 Å². The van der Waals surface area contributed by atoms with Crippen molar-refractivity contribution in [1.82, 2.24) is 9.55 Å². The van der Waals surface area contributed by atoms with Crippen LogP contribution in [0.25, 0.3) is 16.7 Å². The van der Waals surface area contributed by atoms with Gasteiger partial charge in [0.05, 0.1) is 11.0 Å². The molecule has 0 saturated carbocycles. The molecule has 128 valence electrons. The zero-order valence-corrected chi connectivity index (χ0v) is 14.2. The van der Waals surface area contributed by atoms with Crippen LogP contribution < -0.4 is 10.3 Å². The van der Waals surface area contributed by atoms with Crippen LogP contribution in [0, 0.1) is 0 Å². The smallest absolute Gasteiger partial charge is 0.360 e. The van der Waals surface area contributed by atoms with Crippen molar-refractivity contribution in [2.45, 2.75) is 26.4 Å². The van der Waals surface area contributed by atoms with Gasteiger partial charge in [-0.2, -0.15) is 0 Å². The second kappa shape index (κ2) is 6.05. The number of nitrogens with zero attached hydrogens (tertiary/aromatic N) is 2. The molecule has 0 aliphatic rings. The molecular weight excluding hydrogens is 320 g/mol. The van der Waals surface area contributed by atoms with E-state index in [-0.39, 0.29) is 5.60 Å². The Morgan fingerprint density at radius 1 is 1.08 bits per heavy atom. The lowest BCUT2D eigenvalue weighted by molar-refractivity contribution is 0.0688. The van der Waals surface area contributed by atoms with Gasteiger partial charge in [0, 0.05) is 5.69 Å². The van der Waals surface area contributed by atoms with Gasteiger partial charge in [-0.25, -0.2) is 9.78 Å². The van der Waals surface area contributed by atoms with Gasteiger partial charge >= 0.3 is 5.97 Å². The summed E-state index contributed by atoms with van der Waals surface area (Å²) >= 11 is 0. The van der Waals surface area contributed by atoms with Crippen molar-refractivity contribution < 1.29 is 14.6 Å². The Balaban J connectivity index is 2.19. The molecule has 0 amide bonds. The summed E-state index contributed by atoms with van der Waals surface area (Å²) in [6.45, 7) is 5.84. The first-order valence-corrected chi connectivity index (χ1v) is 7.81. The highest BCUT2D eigenvalue weighted by atomic mass is 16.5. The molecule has 3 aromatic rings. The van der Waals surface area contributed by atoms with Crippen molar-refractivity contribution in [1.29, 1.82) is 0 Å². The molecule has 0 saturated heterocycles. The molecule has 0 aliphatic carbocycles. The molecule has 1 N–H and O–H groups in total. The average Bonchev–Trinajstić information content (AvgIpc) is 2.54. The molecule has 3 rings (SSSR count). The van der Waals surface area contributed by atoms with Crippen LogP contribution >= 0.6 is 0 Å². The van der Waals surface area contributed by atoms with E-state index in [0.717, 1.165) is 0 Å². The van der Waals surface area contributed by atoms with Gasteiger partial charge in [0.2, 0.25) is 5.69 Å². The molecule has 0 aliphatic heterocycles. The highest BCUT2D eigenvalue weighted by Gasteiger charge is 2.18. The van der Waals surface area contributed by atoms with E-state index in [9.17, 15) is 14.7 Å². The lowest BCUT2D eigenvalue weighted by Crippen LogP contribution is -2.27. The number of benzene rings is 2. The van der Waals surface area contributed by atoms with Crippen molar-refractivity contribution >= 4 is 17.0 Å². The topological polar surface area (TPSA) is 81.4 Å². The van der Waals surface area contributed by atoms with Crippen molar-refractivity contribution in [3.8, 4) is 11.4 Å². The molecule has 0 radical (unpaired) electrons. The minimum Gasteiger partial charge on any atom is -0.488 e. The summed E-state index contributed by atoms with van der Waals surface area (Å²) in [5.41, 5.74) is 0.0198. The summed E-state index contributed by atoms with van der Waals surface area (Å²) < 4.78 is 7.13. The summed E-state index contributed by atoms with van der Waals surface area (Å²) in [6, 6.07) is 13.9. The first kappa shape index (κ1) is 16.7. The lowest BCUT2D eigenvalue weighted by atomic mass is 10.2. The highest BCUT2D eigenvalue weighted by Crippen LogP contribution is 2.21. The number of ether oxygens (including phenoxy) is 1. The molecule has 1 heterocycles. The Kier molecular flexibility index (Phi) is 4.04. The number of para-hydroxylation sites is 2. The molecule has 6 heteroatoms. The standard InChI is InChI=1S/C19H18N2O4/c1-19(2,3)25-13-10-8-12(9-11-13)21-15-7-5-4-6-14(15)20-16(17(21)22)18(23)24/h4-11H,1-3H3,(H,23,24). The Labute approximate surface area is 144 Å². The number of hydrogen-bond acceptors (Lipinski definition) is 4. The van der Waals surface area contributed by atoms with Crippen molar-refractivity contribution in [3.05, 3.63) is 64.6 Å². The van der Waals surface area contributed by atoms with E-state index < -0.39 is 17.2 Å². The van der Waals surface area contributed by atoms with Gasteiger partial charge in [0.15, 0.2) is 0 Å². The van der Waals surface area contributed by atoms with Gasteiger partial charge in [0.1, 0.15) is 11.4 Å². The van der Waals surface area contributed by atoms with Crippen LogP contribution in [0.1, 0.15) is 31.3 Å². The van der Waals surface area contributed by atoms with Crippen LogP contribution in [-0.4, -0.2) is 26.2 Å². The van der Waals surface area contributed by atoms with Gasteiger partial charge in [0.25, 0.3) is 5.56 Å². The normalized spacial score (nSPS) is 11.5. The third-order valence-electron chi connectivity index (χ3n) is 3.48. The first-order chi connectivity index (χ1) is 11.8. The van der Waals surface area contributed by atoms with Crippen LogP contribution in [0.4, 0.5) is 0 Å². The Hall–Kier alpha value is -3.15. The number of carboxylic acid groups (broad SMARTS) is 1. The quantitative estimate of drug-likeness (QED) is 0.793. The largest absolute Gasteiger partial charge is 0.488 e. The molecule has 25 heavy (non-hydrogen) atoms. The molecule has 1 aromatic heterocycles. The number of carboxylic acids is 1. The second-order valence-corrected chi connectivity index (χ2v) is 6.60. The van der Waals surface area contributed by atoms with E-state index in [0.29, 0.717) is 22.5 Å². The Morgan fingerprint density at radius 3 is 2.32 bits per heavy atom. The Morgan fingerprint density at radius 2 is 1.72 bits per heavy atom. The van der Waals surface area contributed by atoms with E-state index in [2.05, 4.69) is 4.98 Å². The molecule has 0 fully saturated rings. The zero-order valence-electron chi connectivity index (χ0n) is 14.2. The van der Waals surface area contributed by atoms with E-state index in [1.54, 1.807) is 48.5 Å². The molecule has 2 aromatic carbocycles. The number of hydrogen-bond donors (Lipinski definition) is 1. The zero-order chi connectivity index (χ0) is 18.2. The average molecular weight is 338 g/mol. The summed E-state index contributed by atoms with van der Waals surface area (Å²) in [5, 5.41) is 9.27. The number of rotatable bonds is 3. The Bertz CT molecular complexity index is 999. The number of fused-ring (bicyclic) bond motifs is 1. The van der Waals surface area contributed by atoms with Gasteiger partial charge in [-0.15, -0.1) is 0 Å². The van der Waals surface area contributed by atoms with Crippen molar-refractivity contribution in [2.24, 2.45) is 0 Å². The van der Waals surface area contributed by atoms with E-state index in [4.69, 9.17) is 4.74 Å². The maximum absolute atomic E-state index is 12.6. The third-order valence-corrected chi connectivity index (χ3v) is 3.48. The predicted octanol–water partition coefficient (Wildman–Crippen LogP) is 3.26. The fraction of sp³-hybridized carbons (Fsp3) is 0.211. The van der Waals surface area contributed by atoms with Gasteiger partial charge in [-0.1, -0.05) is 12.1 Å². The monoisotopic (exact) mass is 338 g/mol. The second-order valence-electron chi connectivity index (χ2n) is 6.60. The summed E-state index contributed by atoms with van der Waals surface area (Å²) in [7, 11) is 0. The molecule has 0 unspecified atom stereocenters. The lowest BCUT2D eigenvalue weighted by Gasteiger charge is -2.21. The fourth-order valence-electron chi connectivity index (χ4n) is 2.54. The maximum Gasteiger partial charge on any atom is 0.360 e. The van der Waals surface area contributed by atoms with Crippen LogP contribution in [-0.2, 0) is 0 Å². The fourth-order valence-corrected chi connectivity index (χ4v) is 2.54. The highest BCUT2D eigenvalue weighted by molar-refractivity contribution is 5.88. The number of aromatic carboxylic acids is 1. The van der Waals surface area contributed by atoms with E-state index in [1.807, 2.05) is 20.8 Å². The summed E-state index contributed by atoms with van der Waals surface area (Å²) in [4.78, 5) is 28.0. The summed E-state index contributed by atoms with van der Waals surface area (Å²) in [5.74, 6) is -0.682. The summed E-state index contributed by atoms with van der Waals surface area (Å²) in [6.07, 6.45) is 0. The molecule has 0 bridgehead atoms. The first-order valence-electron chi connectivity index (χ1n) is 7.81. The molecule has 0 atom stereocenters. The number of carbonyl (C=O) groups is 1. The van der Waals surface area contributed by atoms with E-state index >= 15 is 0 Å². The molecule has 0 spiro atoms. The minimum atomic E-state index is -1.35. The predicted molar refractivity (Wildman–Crippen MR) is 94.7 cm³/mol. The van der Waals surface area contributed by atoms with Crippen molar-refractivity contribution in [3.63, 3.8) is 0 Å². The maximum atomic E-state index is 12.6. The van der Waals surface area contributed by atoms with Gasteiger partial charge < -0.3 is 9.84 Å². The minimum absolute atomic E-state index is 0.335. The number of aromatic nitrogens is 2. The van der Waals surface area contributed by atoms with Crippen molar-refractivity contribution in [2.75, 3.05) is 0 Å². The van der Waals surface area contributed by atoms with Crippen LogP contribution in [0.2, 0.25) is 0 Å². The van der Waals surface area contributed by atoms with Crippen LogP contribution in [0.5, 0.6) is 5.75 Å². The van der Waals surface area contributed by atoms with Crippen LogP contribution in [0.15, 0.2) is 53.3 Å².